The van der Waals surface area contributed by atoms with E-state index < -0.39 is 35.5 Å². The molecule has 0 aliphatic carbocycles. The number of aromatic hydroxyl groups is 1. The van der Waals surface area contributed by atoms with Crippen LogP contribution in [0, 0.1) is 23.5 Å². The quantitative estimate of drug-likeness (QED) is 0.200. The first kappa shape index (κ1) is 41.4. The predicted octanol–water partition coefficient (Wildman–Crippen LogP) is 7.49. The van der Waals surface area contributed by atoms with Crippen molar-refractivity contribution < 1.29 is 42.0 Å². The Hall–Kier alpha value is -4.60. The van der Waals surface area contributed by atoms with Gasteiger partial charge in [-0.1, -0.05) is 25.1 Å². The summed E-state index contributed by atoms with van der Waals surface area (Å²) in [7, 11) is 0. The number of fused-ring (bicyclic) bond motifs is 7. The normalized spacial score (nSPS) is 29.8. The maximum atomic E-state index is 17.7. The number of phenols is 1. The van der Waals surface area contributed by atoms with Crippen molar-refractivity contribution in [3.8, 4) is 28.6 Å². The van der Waals surface area contributed by atoms with Crippen LogP contribution in [0.4, 0.5) is 23.8 Å². The molecule has 5 saturated heterocycles. The van der Waals surface area contributed by atoms with E-state index in [1.54, 1.807) is 11.0 Å². The highest BCUT2D eigenvalue weighted by Crippen LogP contribution is 2.50. The van der Waals surface area contributed by atoms with Gasteiger partial charge in [0, 0.05) is 51.2 Å². The average molecular weight is 859 g/mol. The average Bonchev–Trinajstić information content (AvgIpc) is 3.79. The van der Waals surface area contributed by atoms with Crippen LogP contribution in [0.25, 0.3) is 32.8 Å². The van der Waals surface area contributed by atoms with E-state index in [1.807, 2.05) is 50.8 Å². The number of aromatic nitrogens is 2. The Morgan fingerprint density at radius 1 is 0.968 bits per heavy atom. The minimum absolute atomic E-state index is 0.0221. The van der Waals surface area contributed by atoms with Crippen molar-refractivity contribution in [2.45, 2.75) is 115 Å². The Kier molecular flexibility index (Phi) is 10.4. The van der Waals surface area contributed by atoms with Crippen LogP contribution >= 0.6 is 0 Å². The number of carbonyl (C=O) groups is 1. The van der Waals surface area contributed by atoms with Crippen LogP contribution in [-0.4, -0.2) is 136 Å². The molecule has 1 amide bonds. The SMILES string of the molecule is CCc1cccc2cc(O)cc(-c3c(F)c4c5c(nc(OC[C@@H]6C7C[C@@H](F)CN7C[C@H]6CN6C[C@@H](C)O[C@@H](C)C6)nc5c3F)N3CC5CCC(C3CO4)N5C(=O)OC(C)(C)C)c12. The van der Waals surface area contributed by atoms with Gasteiger partial charge in [0.1, 0.15) is 35.5 Å². The van der Waals surface area contributed by atoms with Crippen molar-refractivity contribution in [1.29, 1.82) is 0 Å². The Morgan fingerprint density at radius 2 is 1.76 bits per heavy atom. The third-order valence-corrected chi connectivity index (χ3v) is 14.1. The Balaban J connectivity index is 1.08. The molecule has 1 aromatic heterocycles. The van der Waals surface area contributed by atoms with Crippen LogP contribution in [0.3, 0.4) is 0 Å². The van der Waals surface area contributed by atoms with Gasteiger partial charge in [0.2, 0.25) is 0 Å². The second-order valence-corrected chi connectivity index (χ2v) is 19.5. The number of benzene rings is 3. The van der Waals surface area contributed by atoms with E-state index in [-0.39, 0.29) is 101 Å². The maximum Gasteiger partial charge on any atom is 0.410 e. The molecule has 0 saturated carbocycles. The van der Waals surface area contributed by atoms with Crippen LogP contribution in [0.5, 0.6) is 17.5 Å². The summed E-state index contributed by atoms with van der Waals surface area (Å²) in [5, 5.41) is 12.3. The fourth-order valence-electron chi connectivity index (χ4n) is 11.8. The van der Waals surface area contributed by atoms with Crippen LogP contribution in [0.2, 0.25) is 0 Å². The summed E-state index contributed by atoms with van der Waals surface area (Å²) in [4.78, 5) is 31.9. The zero-order valence-corrected chi connectivity index (χ0v) is 36.4. The maximum absolute atomic E-state index is 17.7. The van der Waals surface area contributed by atoms with Gasteiger partial charge in [-0.15, -0.1) is 0 Å². The monoisotopic (exact) mass is 858 g/mol. The summed E-state index contributed by atoms with van der Waals surface area (Å²) in [6, 6.07) is 7.37. The number of hydrogen-bond acceptors (Lipinski definition) is 11. The number of hydrogen-bond donors (Lipinski definition) is 1. The summed E-state index contributed by atoms with van der Waals surface area (Å²) < 4.78 is 75.1. The third kappa shape index (κ3) is 7.15. The van der Waals surface area contributed by atoms with Crippen LogP contribution in [-0.2, 0) is 15.9 Å². The molecule has 6 aliphatic heterocycles. The molecule has 2 bridgehead atoms. The van der Waals surface area contributed by atoms with E-state index >= 15 is 8.78 Å². The molecule has 5 fully saturated rings. The number of halogens is 3. The van der Waals surface area contributed by atoms with Crippen molar-refractivity contribution >= 4 is 33.6 Å². The van der Waals surface area contributed by atoms with E-state index in [1.165, 1.54) is 6.07 Å². The van der Waals surface area contributed by atoms with Crippen molar-refractivity contribution in [1.82, 2.24) is 24.7 Å². The fourth-order valence-corrected chi connectivity index (χ4v) is 11.8. The van der Waals surface area contributed by atoms with Crippen molar-refractivity contribution in [3.05, 3.63) is 47.5 Å². The van der Waals surface area contributed by atoms with E-state index in [4.69, 9.17) is 28.9 Å². The standard InChI is InChI=1S/C47H57F3N6O6/c1-7-26-9-8-10-27-13-31(57)15-32(37(26)27)38-40(49)42-39-43(41(38)50)59-23-36-34-12-11-30(56(34)46(58)62-47(4,5)6)21-55(36)44(39)52-45(51-42)60-22-33-28(19-54-20-29(48)14-35(33)54)18-53-16-24(2)61-25(3)17-53/h8-10,13,15,24-25,28-30,33-36,57H,7,11-12,14,16-23H2,1-6H3/t24-,25+,28-,29-,30?,33+,34?,35?,36?/m1/s1. The predicted molar refractivity (Wildman–Crippen MR) is 229 cm³/mol. The van der Waals surface area contributed by atoms with Gasteiger partial charge in [-0.05, 0) is 100 Å². The molecular weight excluding hydrogens is 802 g/mol. The molecule has 62 heavy (non-hydrogen) atoms. The number of morpholine rings is 1. The number of alkyl halides is 1. The van der Waals surface area contributed by atoms with Gasteiger partial charge in [0.05, 0.1) is 47.9 Å². The van der Waals surface area contributed by atoms with Gasteiger partial charge in [-0.3, -0.25) is 14.7 Å². The van der Waals surface area contributed by atoms with Gasteiger partial charge in [0.15, 0.2) is 17.4 Å². The second kappa shape index (κ2) is 15.6. The zero-order chi connectivity index (χ0) is 43.4. The molecule has 6 aliphatic rings. The van der Waals surface area contributed by atoms with Crippen molar-refractivity contribution in [2.24, 2.45) is 11.8 Å². The lowest BCUT2D eigenvalue weighted by atomic mass is 9.88. The van der Waals surface area contributed by atoms with Crippen LogP contribution in [0.1, 0.15) is 66.4 Å². The number of rotatable bonds is 7. The first-order valence-corrected chi connectivity index (χ1v) is 22.4. The van der Waals surface area contributed by atoms with Crippen LogP contribution < -0.4 is 14.4 Å². The molecule has 4 unspecified atom stereocenters. The van der Waals surface area contributed by atoms with Gasteiger partial charge in [0.25, 0.3) is 0 Å². The Morgan fingerprint density at radius 3 is 2.52 bits per heavy atom. The molecule has 9 atom stereocenters. The number of carbonyl (C=O) groups excluding carboxylic acids is 1. The molecule has 12 nitrogen and oxygen atoms in total. The molecule has 7 heterocycles. The summed E-state index contributed by atoms with van der Waals surface area (Å²) in [6.07, 6.45) is 1.23. The highest BCUT2D eigenvalue weighted by molar-refractivity contribution is 6.05. The number of aryl methyl sites for hydroxylation is 1. The van der Waals surface area contributed by atoms with Gasteiger partial charge in [-0.25, -0.2) is 18.0 Å². The smallest absolute Gasteiger partial charge is 0.410 e. The van der Waals surface area contributed by atoms with Gasteiger partial charge < -0.3 is 29.0 Å². The molecule has 1 N–H and O–H groups in total. The van der Waals surface area contributed by atoms with Gasteiger partial charge >= 0.3 is 12.1 Å². The molecule has 332 valence electrons. The second-order valence-electron chi connectivity index (χ2n) is 19.5. The van der Waals surface area contributed by atoms with Crippen molar-refractivity contribution in [3.63, 3.8) is 0 Å². The number of piperazine rings is 1. The lowest BCUT2D eigenvalue weighted by molar-refractivity contribution is -0.0729. The lowest BCUT2D eigenvalue weighted by Crippen LogP contribution is -2.63. The molecule has 4 aromatic rings. The number of amides is 1. The van der Waals surface area contributed by atoms with E-state index in [0.717, 1.165) is 31.7 Å². The molecule has 3 aromatic carbocycles. The Bertz CT molecular complexity index is 2410. The molecule has 0 radical (unpaired) electrons. The number of phenolic OH excluding ortho intramolecular Hbond substituents is 1. The first-order valence-electron chi connectivity index (χ1n) is 22.4. The summed E-state index contributed by atoms with van der Waals surface area (Å²) in [6.45, 7) is 15.7. The Labute approximate surface area is 360 Å². The number of anilines is 1. The fraction of sp³-hybridized carbons (Fsp3) is 0.596. The highest BCUT2D eigenvalue weighted by Gasteiger charge is 2.53. The molecule has 10 rings (SSSR count). The van der Waals surface area contributed by atoms with E-state index in [0.29, 0.717) is 49.5 Å². The number of ether oxygens (including phenoxy) is 4. The molecular formula is C47H57F3N6O6. The third-order valence-electron chi connectivity index (χ3n) is 14.1. The summed E-state index contributed by atoms with van der Waals surface area (Å²) in [5.41, 5.74) is -0.222. The summed E-state index contributed by atoms with van der Waals surface area (Å²) >= 11 is 0. The first-order chi connectivity index (χ1) is 29.6. The topological polar surface area (TPSA) is 113 Å². The van der Waals surface area contributed by atoms with Gasteiger partial charge in [-0.2, -0.15) is 9.97 Å². The van der Waals surface area contributed by atoms with Crippen LogP contribution in [0.15, 0.2) is 30.3 Å². The van der Waals surface area contributed by atoms with E-state index in [2.05, 4.69) is 23.6 Å². The lowest BCUT2D eigenvalue weighted by Gasteiger charge is -2.46. The van der Waals surface area contributed by atoms with E-state index in [9.17, 15) is 14.3 Å². The minimum Gasteiger partial charge on any atom is -0.508 e. The van der Waals surface area contributed by atoms with Crippen molar-refractivity contribution in [2.75, 3.05) is 57.4 Å². The minimum atomic E-state index is -0.929. The highest BCUT2D eigenvalue weighted by atomic mass is 19.1. The summed E-state index contributed by atoms with van der Waals surface area (Å²) in [5.74, 6) is -1.80. The zero-order valence-electron chi connectivity index (χ0n) is 36.4. The largest absolute Gasteiger partial charge is 0.508 e. The molecule has 15 heteroatoms. The number of nitrogens with zero attached hydrogens (tertiary/aromatic N) is 6. The molecule has 0 spiro atoms.